The molecule has 1 aromatic carbocycles. The summed E-state index contributed by atoms with van der Waals surface area (Å²) in [5.74, 6) is -0.113. The minimum absolute atomic E-state index is 0.0285. The third-order valence-corrected chi connectivity index (χ3v) is 7.67. The number of nitrogens with one attached hydrogen (secondary N) is 1. The molecular weight excluding hydrogens is 455 g/mol. The Bertz CT molecular complexity index is 1550. The third kappa shape index (κ3) is 3.73. The van der Waals surface area contributed by atoms with Gasteiger partial charge in [0.15, 0.2) is 0 Å². The Morgan fingerprint density at radius 3 is 2.53 bits per heavy atom. The number of nitriles is 1. The lowest BCUT2D eigenvalue weighted by molar-refractivity contribution is 0.557. The molecule has 5 rings (SSSR count). The Morgan fingerprint density at radius 1 is 1.21 bits per heavy atom. The molecule has 3 heterocycles. The molecule has 1 aliphatic rings. The van der Waals surface area contributed by atoms with Crippen LogP contribution in [-0.4, -0.2) is 33.5 Å². The van der Waals surface area contributed by atoms with Crippen LogP contribution in [-0.2, 0) is 16.4 Å². The summed E-state index contributed by atoms with van der Waals surface area (Å²) in [6, 6.07) is 9.84. The molecule has 0 spiro atoms. The van der Waals surface area contributed by atoms with E-state index >= 15 is 0 Å². The number of nitrogens with zero attached hydrogens (tertiary/aromatic N) is 5. The van der Waals surface area contributed by atoms with Crippen molar-refractivity contribution in [2.75, 3.05) is 0 Å². The standard InChI is InChI=1S/C24H21FN6O2S/c1-3-15-11-21-17(12-19(15)25)18(13-26)22(31(21)23-27-9-4-10-28-23)20-6-5-16(14-29-20)34(32,33)30-24(2)7-8-24/h4-6,9-12,14,30H,3,7-8H2,1-2H3. The first-order chi connectivity index (χ1) is 16.3. The number of aryl methyl sites for hydroxylation is 1. The Balaban J connectivity index is 1.72. The van der Waals surface area contributed by atoms with Crippen molar-refractivity contribution in [1.29, 1.82) is 5.26 Å². The highest BCUT2D eigenvalue weighted by atomic mass is 32.2. The van der Waals surface area contributed by atoms with Gasteiger partial charge < -0.3 is 0 Å². The lowest BCUT2D eigenvalue weighted by Gasteiger charge is -2.13. The normalized spacial score (nSPS) is 14.8. The van der Waals surface area contributed by atoms with Crippen LogP contribution in [0.15, 0.2) is 53.8 Å². The Hall–Kier alpha value is -3.68. The lowest BCUT2D eigenvalue weighted by Crippen LogP contribution is -2.34. The van der Waals surface area contributed by atoms with E-state index in [9.17, 15) is 18.1 Å². The largest absolute Gasteiger partial charge is 0.275 e. The Kier molecular flexibility index (Phi) is 5.19. The summed E-state index contributed by atoms with van der Waals surface area (Å²) in [4.78, 5) is 13.1. The van der Waals surface area contributed by atoms with E-state index in [1.807, 2.05) is 13.8 Å². The van der Waals surface area contributed by atoms with E-state index in [1.54, 1.807) is 29.1 Å². The van der Waals surface area contributed by atoms with Crippen molar-refractivity contribution in [2.24, 2.45) is 0 Å². The van der Waals surface area contributed by atoms with Crippen molar-refractivity contribution in [2.45, 2.75) is 43.5 Å². The van der Waals surface area contributed by atoms with Gasteiger partial charge in [0.2, 0.25) is 16.0 Å². The monoisotopic (exact) mass is 476 g/mol. The highest BCUT2D eigenvalue weighted by Gasteiger charge is 2.41. The molecule has 0 bridgehead atoms. The van der Waals surface area contributed by atoms with E-state index in [2.05, 4.69) is 25.7 Å². The van der Waals surface area contributed by atoms with Crippen molar-refractivity contribution in [1.82, 2.24) is 24.2 Å². The van der Waals surface area contributed by atoms with Crippen molar-refractivity contribution in [3.8, 4) is 23.4 Å². The summed E-state index contributed by atoms with van der Waals surface area (Å²) >= 11 is 0. The second kappa shape index (κ2) is 7.97. The van der Waals surface area contributed by atoms with Crippen LogP contribution in [0.25, 0.3) is 28.2 Å². The SMILES string of the molecule is CCc1cc2c(cc1F)c(C#N)c(-c1ccc(S(=O)(=O)NC3(C)CC3)cn1)n2-c1ncccn1. The molecule has 0 unspecified atom stereocenters. The van der Waals surface area contributed by atoms with Crippen LogP contribution in [0.4, 0.5) is 4.39 Å². The topological polar surface area (TPSA) is 114 Å². The van der Waals surface area contributed by atoms with Crippen LogP contribution < -0.4 is 4.72 Å². The van der Waals surface area contributed by atoms with Crippen LogP contribution >= 0.6 is 0 Å². The molecule has 8 nitrogen and oxygen atoms in total. The molecule has 172 valence electrons. The van der Waals surface area contributed by atoms with Gasteiger partial charge in [0.1, 0.15) is 16.8 Å². The van der Waals surface area contributed by atoms with Gasteiger partial charge in [-0.3, -0.25) is 9.55 Å². The third-order valence-electron chi connectivity index (χ3n) is 6.05. The number of hydrogen-bond acceptors (Lipinski definition) is 6. The summed E-state index contributed by atoms with van der Waals surface area (Å²) in [5, 5.41) is 10.4. The number of pyridine rings is 1. The van der Waals surface area contributed by atoms with Crippen LogP contribution in [0.3, 0.4) is 0 Å². The summed E-state index contributed by atoms with van der Waals surface area (Å²) in [6.45, 7) is 3.70. The van der Waals surface area contributed by atoms with E-state index in [4.69, 9.17) is 0 Å². The molecule has 3 aromatic heterocycles. The highest BCUT2D eigenvalue weighted by Crippen LogP contribution is 2.37. The average Bonchev–Trinajstić information content (AvgIpc) is 3.46. The minimum Gasteiger partial charge on any atom is -0.275 e. The van der Waals surface area contributed by atoms with Gasteiger partial charge in [0.25, 0.3) is 0 Å². The molecule has 1 saturated carbocycles. The van der Waals surface area contributed by atoms with Gasteiger partial charge in [-0.2, -0.15) is 5.26 Å². The molecule has 0 saturated heterocycles. The van der Waals surface area contributed by atoms with Gasteiger partial charge in [-0.15, -0.1) is 0 Å². The molecule has 0 aliphatic heterocycles. The predicted molar refractivity (Wildman–Crippen MR) is 124 cm³/mol. The zero-order chi connectivity index (χ0) is 24.1. The van der Waals surface area contributed by atoms with Gasteiger partial charge in [0, 0.05) is 29.5 Å². The fourth-order valence-electron chi connectivity index (χ4n) is 3.94. The van der Waals surface area contributed by atoms with E-state index < -0.39 is 21.4 Å². The van der Waals surface area contributed by atoms with Crippen LogP contribution in [0.5, 0.6) is 0 Å². The smallest absolute Gasteiger partial charge is 0.242 e. The molecule has 1 N–H and O–H groups in total. The molecule has 0 radical (unpaired) electrons. The Labute approximate surface area is 196 Å². The number of sulfonamides is 1. The maximum atomic E-state index is 14.7. The number of fused-ring (bicyclic) bond motifs is 1. The second-order valence-corrected chi connectivity index (χ2v) is 10.3. The summed E-state index contributed by atoms with van der Waals surface area (Å²) in [7, 11) is -3.73. The lowest BCUT2D eigenvalue weighted by atomic mass is 10.1. The highest BCUT2D eigenvalue weighted by molar-refractivity contribution is 7.89. The number of rotatable bonds is 6. The van der Waals surface area contributed by atoms with Crippen molar-refractivity contribution in [3.63, 3.8) is 0 Å². The zero-order valence-corrected chi connectivity index (χ0v) is 19.4. The van der Waals surface area contributed by atoms with Gasteiger partial charge in [0.05, 0.1) is 22.5 Å². The van der Waals surface area contributed by atoms with Crippen molar-refractivity contribution < 1.29 is 12.8 Å². The maximum Gasteiger partial charge on any atom is 0.242 e. The van der Waals surface area contributed by atoms with Gasteiger partial charge in [-0.1, -0.05) is 6.92 Å². The first kappa shape index (κ1) is 22.1. The van der Waals surface area contributed by atoms with E-state index in [0.717, 1.165) is 12.8 Å². The zero-order valence-electron chi connectivity index (χ0n) is 18.6. The van der Waals surface area contributed by atoms with Gasteiger partial charge >= 0.3 is 0 Å². The predicted octanol–water partition coefficient (Wildman–Crippen LogP) is 3.89. The molecule has 34 heavy (non-hydrogen) atoms. The summed E-state index contributed by atoms with van der Waals surface area (Å²) in [6.07, 6.45) is 6.45. The van der Waals surface area contributed by atoms with E-state index in [-0.39, 0.29) is 10.5 Å². The van der Waals surface area contributed by atoms with Gasteiger partial charge in [-0.25, -0.2) is 27.5 Å². The molecule has 0 atom stereocenters. The van der Waals surface area contributed by atoms with Crippen molar-refractivity contribution in [3.05, 3.63) is 65.9 Å². The number of halogens is 1. The van der Waals surface area contributed by atoms with E-state index in [0.29, 0.717) is 40.2 Å². The Morgan fingerprint density at radius 2 is 1.94 bits per heavy atom. The van der Waals surface area contributed by atoms with Crippen molar-refractivity contribution >= 4 is 20.9 Å². The quantitative estimate of drug-likeness (QED) is 0.452. The molecule has 10 heteroatoms. The maximum absolute atomic E-state index is 14.7. The first-order valence-electron chi connectivity index (χ1n) is 10.8. The number of aromatic nitrogens is 4. The molecule has 1 fully saturated rings. The number of benzene rings is 1. The van der Waals surface area contributed by atoms with Crippen LogP contribution in [0.1, 0.15) is 37.8 Å². The minimum atomic E-state index is -3.73. The van der Waals surface area contributed by atoms with E-state index in [1.165, 1.54) is 24.4 Å². The van der Waals surface area contributed by atoms with Crippen LogP contribution in [0.2, 0.25) is 0 Å². The molecule has 4 aromatic rings. The molecular formula is C24H21FN6O2S. The van der Waals surface area contributed by atoms with Gasteiger partial charge in [-0.05, 0) is 62.1 Å². The number of hydrogen-bond donors (Lipinski definition) is 1. The molecule has 1 aliphatic carbocycles. The van der Waals surface area contributed by atoms with Crippen LogP contribution in [0, 0.1) is 17.1 Å². The fourth-order valence-corrected chi connectivity index (χ4v) is 5.35. The average molecular weight is 477 g/mol. The fraction of sp³-hybridized carbons (Fsp3) is 0.250. The second-order valence-electron chi connectivity index (χ2n) is 8.58. The summed E-state index contributed by atoms with van der Waals surface area (Å²) < 4.78 is 44.5. The summed E-state index contributed by atoms with van der Waals surface area (Å²) in [5.41, 5.74) is 1.56. The first-order valence-corrected chi connectivity index (χ1v) is 12.3. The molecule has 0 amide bonds.